The van der Waals surface area contributed by atoms with Gasteiger partial charge in [-0.25, -0.2) is 14.6 Å². The average Bonchev–Trinajstić information content (AvgIpc) is 2.99. The Kier molecular flexibility index (Phi) is 4.76. The second-order valence-corrected chi connectivity index (χ2v) is 8.14. The van der Waals surface area contributed by atoms with Crippen LogP contribution in [0.2, 0.25) is 0 Å². The van der Waals surface area contributed by atoms with Crippen LogP contribution in [0.3, 0.4) is 0 Å². The van der Waals surface area contributed by atoms with Crippen LogP contribution in [0.5, 0.6) is 0 Å². The van der Waals surface area contributed by atoms with Gasteiger partial charge in [-0.15, -0.1) is 0 Å². The van der Waals surface area contributed by atoms with Crippen LogP contribution in [0.15, 0.2) is 47.9 Å². The first-order valence-corrected chi connectivity index (χ1v) is 8.96. The predicted octanol–water partition coefficient (Wildman–Crippen LogP) is 3.21. The van der Waals surface area contributed by atoms with E-state index in [-0.39, 0.29) is 16.7 Å². The number of fused-ring (bicyclic) bond motifs is 1. The van der Waals surface area contributed by atoms with Gasteiger partial charge in [0.2, 0.25) is 5.91 Å². The zero-order valence-corrected chi connectivity index (χ0v) is 15.5. The molecule has 1 atom stereocenters. The highest BCUT2D eigenvalue weighted by Crippen LogP contribution is 2.29. The summed E-state index contributed by atoms with van der Waals surface area (Å²) < 4.78 is 1.78. The van der Waals surface area contributed by atoms with Gasteiger partial charge in [-0.1, -0.05) is 30.0 Å². The zero-order chi connectivity index (χ0) is 18.0. The number of benzene rings is 1. The first-order chi connectivity index (χ1) is 11.8. The van der Waals surface area contributed by atoms with E-state index in [2.05, 4.69) is 20.4 Å². The first-order valence-electron chi connectivity index (χ1n) is 8.08. The first kappa shape index (κ1) is 17.4. The molecule has 25 heavy (non-hydrogen) atoms. The molecule has 130 valence electrons. The summed E-state index contributed by atoms with van der Waals surface area (Å²) in [4.78, 5) is 21.0. The number of aromatic nitrogens is 4. The number of nitrogens with zero attached hydrogens (tertiary/aromatic N) is 4. The molecule has 3 rings (SSSR count). The molecule has 1 N–H and O–H groups in total. The molecule has 6 nitrogen and oxygen atoms in total. The minimum atomic E-state index is -0.266. The van der Waals surface area contributed by atoms with E-state index in [0.29, 0.717) is 0 Å². The molecule has 0 aliphatic heterocycles. The van der Waals surface area contributed by atoms with Crippen LogP contribution in [0.25, 0.3) is 16.7 Å². The molecule has 1 aromatic carbocycles. The number of hydrogen-bond acceptors (Lipinski definition) is 5. The molecule has 2 aromatic heterocycles. The van der Waals surface area contributed by atoms with Crippen molar-refractivity contribution < 1.29 is 4.79 Å². The zero-order valence-electron chi connectivity index (χ0n) is 14.7. The maximum atomic E-state index is 12.3. The highest BCUT2D eigenvalue weighted by atomic mass is 32.2. The Hall–Kier alpha value is -2.41. The van der Waals surface area contributed by atoms with Crippen molar-refractivity contribution in [2.75, 3.05) is 0 Å². The summed E-state index contributed by atoms with van der Waals surface area (Å²) in [6, 6.07) is 9.82. The second kappa shape index (κ2) is 6.84. The fourth-order valence-corrected chi connectivity index (χ4v) is 3.25. The van der Waals surface area contributed by atoms with Gasteiger partial charge in [-0.3, -0.25) is 4.79 Å². The molecule has 0 spiro atoms. The van der Waals surface area contributed by atoms with Crippen molar-refractivity contribution in [3.63, 3.8) is 0 Å². The average molecular weight is 355 g/mol. The van der Waals surface area contributed by atoms with Crippen molar-refractivity contribution in [3.8, 4) is 5.69 Å². The number of thioether (sulfide) groups is 1. The maximum Gasteiger partial charge on any atom is 0.233 e. The van der Waals surface area contributed by atoms with Crippen molar-refractivity contribution in [3.05, 3.63) is 42.9 Å². The van der Waals surface area contributed by atoms with Gasteiger partial charge in [0.1, 0.15) is 11.4 Å². The lowest BCUT2D eigenvalue weighted by atomic mass is 10.1. The summed E-state index contributed by atoms with van der Waals surface area (Å²) in [5.41, 5.74) is 1.41. The highest BCUT2D eigenvalue weighted by molar-refractivity contribution is 8.00. The third-order valence-corrected chi connectivity index (χ3v) is 4.60. The summed E-state index contributed by atoms with van der Waals surface area (Å²) in [7, 11) is 0. The van der Waals surface area contributed by atoms with Crippen LogP contribution in [0, 0.1) is 0 Å². The van der Waals surface area contributed by atoms with Crippen LogP contribution < -0.4 is 5.32 Å². The fraction of sp³-hybridized carbons (Fsp3) is 0.333. The van der Waals surface area contributed by atoms with Crippen LogP contribution in [0.1, 0.15) is 27.7 Å². The molecule has 1 unspecified atom stereocenters. The molecule has 3 aromatic rings. The quantitative estimate of drug-likeness (QED) is 0.575. The van der Waals surface area contributed by atoms with Crippen molar-refractivity contribution in [2.45, 2.75) is 43.5 Å². The van der Waals surface area contributed by atoms with E-state index in [9.17, 15) is 4.79 Å². The van der Waals surface area contributed by atoms with Crippen LogP contribution in [-0.2, 0) is 4.79 Å². The van der Waals surface area contributed by atoms with Crippen molar-refractivity contribution in [1.29, 1.82) is 0 Å². The number of amides is 1. The van der Waals surface area contributed by atoms with Gasteiger partial charge in [-0.05, 0) is 39.8 Å². The van der Waals surface area contributed by atoms with E-state index < -0.39 is 0 Å². The summed E-state index contributed by atoms with van der Waals surface area (Å²) in [6.07, 6.45) is 3.26. The highest BCUT2D eigenvalue weighted by Gasteiger charge is 2.22. The normalized spacial score (nSPS) is 13.0. The molecule has 0 radical (unpaired) electrons. The Balaban J connectivity index is 1.88. The topological polar surface area (TPSA) is 72.7 Å². The SMILES string of the molecule is CC(Sc1ncnc2c1cnn2-c1ccccc1)C(=O)NC(C)(C)C. The number of nitrogens with one attached hydrogen (secondary N) is 1. The number of para-hydroxylation sites is 1. The summed E-state index contributed by atoms with van der Waals surface area (Å²) in [6.45, 7) is 7.78. The fourth-order valence-electron chi connectivity index (χ4n) is 2.37. The number of hydrogen-bond donors (Lipinski definition) is 1. The lowest BCUT2D eigenvalue weighted by Crippen LogP contribution is -2.44. The van der Waals surface area contributed by atoms with Crippen LogP contribution in [0.4, 0.5) is 0 Å². The standard InChI is InChI=1S/C18H21N5OS/c1-12(16(24)22-18(2,3)4)25-17-14-10-21-23(15(14)19-11-20-17)13-8-6-5-7-9-13/h5-12H,1-4H3,(H,22,24). The van der Waals surface area contributed by atoms with Gasteiger partial charge in [0.15, 0.2) is 5.65 Å². The van der Waals surface area contributed by atoms with Gasteiger partial charge in [-0.2, -0.15) is 5.10 Å². The second-order valence-electron chi connectivity index (χ2n) is 6.81. The van der Waals surface area contributed by atoms with Gasteiger partial charge < -0.3 is 5.32 Å². The summed E-state index contributed by atoms with van der Waals surface area (Å²) in [5, 5.41) is 8.76. The largest absolute Gasteiger partial charge is 0.351 e. The molecular weight excluding hydrogens is 334 g/mol. The minimum Gasteiger partial charge on any atom is -0.351 e. The number of rotatable bonds is 4. The Morgan fingerprint density at radius 1 is 1.20 bits per heavy atom. The lowest BCUT2D eigenvalue weighted by molar-refractivity contribution is -0.121. The van der Waals surface area contributed by atoms with Crippen LogP contribution >= 0.6 is 11.8 Å². The third kappa shape index (κ3) is 3.99. The van der Waals surface area contributed by atoms with Crippen molar-refractivity contribution >= 4 is 28.7 Å². The molecule has 0 aliphatic carbocycles. The van der Waals surface area contributed by atoms with Crippen molar-refractivity contribution in [1.82, 2.24) is 25.1 Å². The van der Waals surface area contributed by atoms with E-state index in [1.165, 1.54) is 18.1 Å². The van der Waals surface area contributed by atoms with Gasteiger partial charge in [0.25, 0.3) is 0 Å². The molecule has 0 saturated heterocycles. The number of carbonyl (C=O) groups is 1. The molecule has 7 heteroatoms. The van der Waals surface area contributed by atoms with Gasteiger partial charge in [0, 0.05) is 5.54 Å². The Morgan fingerprint density at radius 3 is 2.60 bits per heavy atom. The summed E-state index contributed by atoms with van der Waals surface area (Å²) >= 11 is 1.41. The smallest absolute Gasteiger partial charge is 0.233 e. The molecular formula is C18H21N5OS. The van der Waals surface area contributed by atoms with E-state index in [1.54, 1.807) is 10.9 Å². The van der Waals surface area contributed by atoms with E-state index in [0.717, 1.165) is 21.7 Å². The molecule has 0 saturated carbocycles. The maximum absolute atomic E-state index is 12.3. The molecule has 0 fully saturated rings. The summed E-state index contributed by atoms with van der Waals surface area (Å²) in [5.74, 6) is -0.0142. The molecule has 1 amide bonds. The monoisotopic (exact) mass is 355 g/mol. The minimum absolute atomic E-state index is 0.0142. The third-order valence-electron chi connectivity index (χ3n) is 3.49. The van der Waals surface area contributed by atoms with E-state index in [4.69, 9.17) is 0 Å². The molecule has 0 aliphatic rings. The van der Waals surface area contributed by atoms with Gasteiger partial charge >= 0.3 is 0 Å². The van der Waals surface area contributed by atoms with E-state index in [1.807, 2.05) is 58.0 Å². The molecule has 0 bridgehead atoms. The van der Waals surface area contributed by atoms with Crippen LogP contribution in [-0.4, -0.2) is 36.4 Å². The Labute approximate surface area is 151 Å². The number of carbonyl (C=O) groups excluding carboxylic acids is 1. The molecule has 2 heterocycles. The van der Waals surface area contributed by atoms with Gasteiger partial charge in [0.05, 0.1) is 22.5 Å². The lowest BCUT2D eigenvalue weighted by Gasteiger charge is -2.22. The van der Waals surface area contributed by atoms with E-state index >= 15 is 0 Å². The van der Waals surface area contributed by atoms with Crippen molar-refractivity contribution in [2.24, 2.45) is 0 Å². The Bertz CT molecular complexity index is 885. The Morgan fingerprint density at radius 2 is 1.92 bits per heavy atom. The predicted molar refractivity (Wildman–Crippen MR) is 99.9 cm³/mol.